The van der Waals surface area contributed by atoms with Gasteiger partial charge in [-0.15, -0.1) is 0 Å². The van der Waals surface area contributed by atoms with Gasteiger partial charge in [0.15, 0.2) is 0 Å². The van der Waals surface area contributed by atoms with E-state index >= 15 is 0 Å². The molecular formula is C8H10BrF2N3. The smallest absolute Gasteiger partial charge is 0.272 e. The van der Waals surface area contributed by atoms with E-state index in [1.165, 1.54) is 0 Å². The van der Waals surface area contributed by atoms with Crippen molar-refractivity contribution in [2.75, 3.05) is 19.6 Å². The largest absolute Gasteiger partial charge is 0.290 e. The molecule has 0 aliphatic carbocycles. The Morgan fingerprint density at radius 1 is 1.43 bits per heavy atom. The van der Waals surface area contributed by atoms with Crippen LogP contribution in [0.1, 0.15) is 0 Å². The first-order chi connectivity index (χ1) is 6.55. The van der Waals surface area contributed by atoms with Crippen LogP contribution in [0.5, 0.6) is 0 Å². The maximum Gasteiger partial charge on any atom is 0.272 e. The Labute approximate surface area is 88.8 Å². The molecule has 2 heterocycles. The molecule has 3 nitrogen and oxygen atoms in total. The van der Waals surface area contributed by atoms with Crippen molar-refractivity contribution in [2.45, 2.75) is 12.5 Å². The fourth-order valence-electron chi connectivity index (χ4n) is 1.47. The Hall–Kier alpha value is -0.490. The first-order valence-electron chi connectivity index (χ1n) is 4.33. The van der Waals surface area contributed by atoms with E-state index in [0.29, 0.717) is 13.1 Å². The van der Waals surface area contributed by atoms with Crippen molar-refractivity contribution in [3.8, 4) is 0 Å². The summed E-state index contributed by atoms with van der Waals surface area (Å²) in [7, 11) is 0. The lowest BCUT2D eigenvalue weighted by Gasteiger charge is -2.38. The van der Waals surface area contributed by atoms with Crippen LogP contribution in [0, 0.1) is 0 Å². The lowest BCUT2D eigenvalue weighted by molar-refractivity contribution is -0.131. The predicted molar refractivity (Wildman–Crippen MR) is 51.3 cm³/mol. The summed E-state index contributed by atoms with van der Waals surface area (Å²) >= 11 is 3.27. The van der Waals surface area contributed by atoms with Crippen molar-refractivity contribution in [1.29, 1.82) is 0 Å². The molecule has 0 N–H and O–H groups in total. The zero-order valence-electron chi connectivity index (χ0n) is 7.46. The number of likely N-dealkylation sites (tertiary alicyclic amines) is 1. The van der Waals surface area contributed by atoms with Crippen LogP contribution >= 0.6 is 15.9 Å². The van der Waals surface area contributed by atoms with E-state index in [0.717, 1.165) is 4.47 Å². The lowest BCUT2D eigenvalue weighted by Crippen LogP contribution is -2.56. The van der Waals surface area contributed by atoms with E-state index in [1.807, 2.05) is 6.20 Å². The van der Waals surface area contributed by atoms with Crippen LogP contribution in [-0.2, 0) is 6.54 Å². The van der Waals surface area contributed by atoms with Crippen LogP contribution in [0.4, 0.5) is 8.78 Å². The van der Waals surface area contributed by atoms with Crippen molar-refractivity contribution >= 4 is 15.9 Å². The second-order valence-corrected chi connectivity index (χ2v) is 4.40. The highest BCUT2D eigenvalue weighted by atomic mass is 79.9. The molecule has 1 fully saturated rings. The molecular weight excluding hydrogens is 256 g/mol. The second kappa shape index (κ2) is 3.58. The van der Waals surface area contributed by atoms with Gasteiger partial charge in [0.1, 0.15) is 0 Å². The van der Waals surface area contributed by atoms with Crippen LogP contribution < -0.4 is 0 Å². The molecule has 0 amide bonds. The average Bonchev–Trinajstić information content (AvgIpc) is 2.44. The molecule has 2 rings (SSSR count). The molecule has 1 saturated heterocycles. The molecule has 0 saturated carbocycles. The monoisotopic (exact) mass is 265 g/mol. The number of aromatic nitrogens is 2. The fraction of sp³-hybridized carbons (Fsp3) is 0.625. The zero-order chi connectivity index (χ0) is 10.2. The Morgan fingerprint density at radius 3 is 2.64 bits per heavy atom. The quantitative estimate of drug-likeness (QED) is 0.828. The summed E-state index contributed by atoms with van der Waals surface area (Å²) in [6.45, 7) is 1.05. The molecule has 0 spiro atoms. The Bertz CT molecular complexity index is 318. The van der Waals surface area contributed by atoms with E-state index in [2.05, 4.69) is 21.0 Å². The Morgan fingerprint density at radius 2 is 2.14 bits per heavy atom. The summed E-state index contributed by atoms with van der Waals surface area (Å²) in [5.41, 5.74) is 0. The summed E-state index contributed by atoms with van der Waals surface area (Å²) in [5, 5.41) is 4.04. The molecule has 78 valence electrons. The van der Waals surface area contributed by atoms with Gasteiger partial charge in [0.05, 0.1) is 30.3 Å². The molecule has 0 aromatic carbocycles. The minimum Gasteiger partial charge on any atom is -0.290 e. The maximum absolute atomic E-state index is 12.4. The van der Waals surface area contributed by atoms with Crippen LogP contribution in [0.25, 0.3) is 0 Å². The molecule has 0 bridgehead atoms. The van der Waals surface area contributed by atoms with Crippen LogP contribution in [-0.4, -0.2) is 40.2 Å². The standard InChI is InChI=1S/C8H10BrF2N3/c9-7-3-12-14(4-7)2-1-13-5-8(10,11)6-13/h3-4H,1-2,5-6H2. The van der Waals surface area contributed by atoms with Gasteiger partial charge in [0.25, 0.3) is 5.92 Å². The second-order valence-electron chi connectivity index (χ2n) is 3.49. The molecule has 1 aromatic heterocycles. The van der Waals surface area contributed by atoms with Crippen molar-refractivity contribution in [1.82, 2.24) is 14.7 Å². The minimum absolute atomic E-state index is 0.116. The van der Waals surface area contributed by atoms with Gasteiger partial charge in [-0.2, -0.15) is 5.10 Å². The van der Waals surface area contributed by atoms with Gasteiger partial charge in [-0.25, -0.2) is 8.78 Å². The summed E-state index contributed by atoms with van der Waals surface area (Å²) < 4.78 is 27.5. The zero-order valence-corrected chi connectivity index (χ0v) is 9.04. The summed E-state index contributed by atoms with van der Waals surface area (Å²) in [6, 6.07) is 0. The molecule has 6 heteroatoms. The molecule has 0 atom stereocenters. The van der Waals surface area contributed by atoms with E-state index in [9.17, 15) is 8.78 Å². The van der Waals surface area contributed by atoms with E-state index in [1.54, 1.807) is 15.8 Å². The van der Waals surface area contributed by atoms with Gasteiger partial charge in [-0.05, 0) is 15.9 Å². The van der Waals surface area contributed by atoms with Gasteiger partial charge in [-0.1, -0.05) is 0 Å². The highest BCUT2D eigenvalue weighted by Gasteiger charge is 2.43. The number of hydrogen-bond donors (Lipinski definition) is 0. The number of hydrogen-bond acceptors (Lipinski definition) is 2. The SMILES string of the molecule is FC1(F)CN(CCn2cc(Br)cn2)C1. The van der Waals surface area contributed by atoms with Gasteiger partial charge in [0.2, 0.25) is 0 Å². The lowest BCUT2D eigenvalue weighted by atomic mass is 10.1. The third kappa shape index (κ3) is 2.30. The Balaban J connectivity index is 1.74. The molecule has 0 unspecified atom stereocenters. The maximum atomic E-state index is 12.4. The van der Waals surface area contributed by atoms with Gasteiger partial charge in [-0.3, -0.25) is 9.58 Å². The van der Waals surface area contributed by atoms with Crippen molar-refractivity contribution in [3.63, 3.8) is 0 Å². The minimum atomic E-state index is -2.47. The molecule has 1 aromatic rings. The Kier molecular flexibility index (Phi) is 2.57. The van der Waals surface area contributed by atoms with Gasteiger partial charge in [0, 0.05) is 12.7 Å². The summed E-state index contributed by atoms with van der Waals surface area (Å²) in [6.07, 6.45) is 3.52. The van der Waals surface area contributed by atoms with E-state index in [-0.39, 0.29) is 13.1 Å². The van der Waals surface area contributed by atoms with Crippen LogP contribution in [0.2, 0.25) is 0 Å². The molecule has 14 heavy (non-hydrogen) atoms. The third-order valence-electron chi connectivity index (χ3n) is 2.16. The van der Waals surface area contributed by atoms with Crippen molar-refractivity contribution in [3.05, 3.63) is 16.9 Å². The fourth-order valence-corrected chi connectivity index (χ4v) is 1.80. The number of alkyl halides is 2. The van der Waals surface area contributed by atoms with Crippen molar-refractivity contribution in [2.24, 2.45) is 0 Å². The van der Waals surface area contributed by atoms with Gasteiger partial charge >= 0.3 is 0 Å². The molecule has 1 aliphatic rings. The normalized spacial score (nSPS) is 20.8. The van der Waals surface area contributed by atoms with E-state index in [4.69, 9.17) is 0 Å². The first-order valence-corrected chi connectivity index (χ1v) is 5.13. The predicted octanol–water partition coefficient (Wildman–Crippen LogP) is 1.60. The first kappa shape index (κ1) is 10.0. The summed E-state index contributed by atoms with van der Waals surface area (Å²) in [5.74, 6) is -2.47. The highest BCUT2D eigenvalue weighted by Crippen LogP contribution is 2.25. The summed E-state index contributed by atoms with van der Waals surface area (Å²) in [4.78, 5) is 1.72. The number of rotatable bonds is 3. The molecule has 0 radical (unpaired) electrons. The number of halogens is 3. The van der Waals surface area contributed by atoms with Crippen molar-refractivity contribution < 1.29 is 8.78 Å². The molecule has 1 aliphatic heterocycles. The average molecular weight is 266 g/mol. The topological polar surface area (TPSA) is 21.1 Å². The van der Waals surface area contributed by atoms with Gasteiger partial charge < -0.3 is 0 Å². The highest BCUT2D eigenvalue weighted by molar-refractivity contribution is 9.10. The number of nitrogens with zero attached hydrogens (tertiary/aromatic N) is 3. The van der Waals surface area contributed by atoms with Crippen LogP contribution in [0.15, 0.2) is 16.9 Å². The van der Waals surface area contributed by atoms with E-state index < -0.39 is 5.92 Å². The van der Waals surface area contributed by atoms with Crippen LogP contribution in [0.3, 0.4) is 0 Å². The third-order valence-corrected chi connectivity index (χ3v) is 2.57.